The normalized spacial score (nSPS) is 30.6. The fourth-order valence-corrected chi connectivity index (χ4v) is 5.60. The monoisotopic (exact) mass is 294 g/mol. The summed E-state index contributed by atoms with van der Waals surface area (Å²) in [5.74, 6) is 0.710. The van der Waals surface area contributed by atoms with Crippen molar-refractivity contribution < 1.29 is 8.42 Å². The molecule has 4 nitrogen and oxygen atoms in total. The van der Waals surface area contributed by atoms with E-state index in [0.717, 1.165) is 25.1 Å². The summed E-state index contributed by atoms with van der Waals surface area (Å²) < 4.78 is 27.1. The van der Waals surface area contributed by atoms with Gasteiger partial charge in [0.15, 0.2) is 0 Å². The molecule has 2 fully saturated rings. The summed E-state index contributed by atoms with van der Waals surface area (Å²) in [6.07, 6.45) is 1.58. The van der Waals surface area contributed by atoms with Gasteiger partial charge in [-0.2, -0.15) is 4.31 Å². The van der Waals surface area contributed by atoms with E-state index >= 15 is 0 Å². The Hall–Kier alpha value is -0.910. The molecular weight excluding hydrogens is 272 g/mol. The number of nitrogens with one attached hydrogen (secondary N) is 1. The van der Waals surface area contributed by atoms with Gasteiger partial charge in [-0.3, -0.25) is 0 Å². The molecule has 2 aliphatic rings. The van der Waals surface area contributed by atoms with Crippen molar-refractivity contribution in [3.8, 4) is 0 Å². The molecule has 20 heavy (non-hydrogen) atoms. The summed E-state index contributed by atoms with van der Waals surface area (Å²) >= 11 is 0. The number of aryl methyl sites for hydroxylation is 1. The number of nitrogens with zero attached hydrogens (tertiary/aromatic N) is 1. The molecule has 110 valence electrons. The summed E-state index contributed by atoms with van der Waals surface area (Å²) in [4.78, 5) is 0. The average molecular weight is 294 g/mol. The van der Waals surface area contributed by atoms with Crippen molar-refractivity contribution in [1.82, 2.24) is 9.62 Å². The molecule has 2 heterocycles. The third kappa shape index (κ3) is 2.62. The van der Waals surface area contributed by atoms with E-state index in [4.69, 9.17) is 0 Å². The van der Waals surface area contributed by atoms with E-state index in [1.165, 1.54) is 0 Å². The van der Waals surface area contributed by atoms with Crippen LogP contribution in [0, 0.1) is 5.92 Å². The van der Waals surface area contributed by atoms with Crippen LogP contribution in [0.15, 0.2) is 30.3 Å². The number of hydrogen-bond acceptors (Lipinski definition) is 3. The fourth-order valence-electron chi connectivity index (χ4n) is 3.60. The summed E-state index contributed by atoms with van der Waals surface area (Å²) in [5, 5.41) is 3.31. The van der Waals surface area contributed by atoms with Crippen LogP contribution in [0.4, 0.5) is 0 Å². The van der Waals surface area contributed by atoms with Crippen molar-refractivity contribution in [2.75, 3.05) is 18.8 Å². The lowest BCUT2D eigenvalue weighted by Gasteiger charge is -2.26. The number of benzene rings is 1. The zero-order valence-corrected chi connectivity index (χ0v) is 12.6. The lowest BCUT2D eigenvalue weighted by molar-refractivity contribution is 0.336. The zero-order chi connectivity index (χ0) is 14.2. The predicted molar refractivity (Wildman–Crippen MR) is 80.0 cm³/mol. The summed E-state index contributed by atoms with van der Waals surface area (Å²) in [5.41, 5.74) is 1.09. The van der Waals surface area contributed by atoms with Crippen molar-refractivity contribution in [1.29, 1.82) is 0 Å². The van der Waals surface area contributed by atoms with Gasteiger partial charge < -0.3 is 5.32 Å². The van der Waals surface area contributed by atoms with E-state index in [0.29, 0.717) is 12.3 Å². The van der Waals surface area contributed by atoms with Crippen LogP contribution in [0.2, 0.25) is 0 Å². The molecule has 3 unspecified atom stereocenters. The molecule has 0 spiro atoms. The standard InChI is InChI=1S/C15H22N2O2S/c1-12-9-14-10-16-11-15(14)17(12)20(18,19)8-7-13-5-3-2-4-6-13/h2-6,12,14-16H,7-11H2,1H3. The Morgan fingerprint density at radius 2 is 2.00 bits per heavy atom. The highest BCUT2D eigenvalue weighted by molar-refractivity contribution is 7.89. The lowest BCUT2D eigenvalue weighted by atomic mass is 10.0. The Morgan fingerprint density at radius 3 is 2.75 bits per heavy atom. The minimum atomic E-state index is -3.17. The number of sulfonamides is 1. The van der Waals surface area contributed by atoms with Crippen LogP contribution in [0.25, 0.3) is 0 Å². The quantitative estimate of drug-likeness (QED) is 0.909. The van der Waals surface area contributed by atoms with Gasteiger partial charge in [-0.05, 0) is 37.8 Å². The number of fused-ring (bicyclic) bond motifs is 1. The zero-order valence-electron chi connectivity index (χ0n) is 11.8. The van der Waals surface area contributed by atoms with Crippen molar-refractivity contribution in [3.63, 3.8) is 0 Å². The molecule has 1 aromatic carbocycles. The van der Waals surface area contributed by atoms with E-state index in [2.05, 4.69) is 5.32 Å². The molecular formula is C15H22N2O2S. The molecule has 2 aliphatic heterocycles. The minimum absolute atomic E-state index is 0.146. The van der Waals surface area contributed by atoms with Crippen LogP contribution in [0.3, 0.4) is 0 Å². The van der Waals surface area contributed by atoms with Gasteiger partial charge in [-0.25, -0.2) is 8.42 Å². The predicted octanol–water partition coefficient (Wildman–Crippen LogP) is 1.24. The largest absolute Gasteiger partial charge is 0.315 e. The molecule has 0 saturated carbocycles. The molecule has 0 aliphatic carbocycles. The van der Waals surface area contributed by atoms with E-state index in [-0.39, 0.29) is 17.8 Å². The highest BCUT2D eigenvalue weighted by Gasteiger charge is 2.46. The first-order valence-electron chi connectivity index (χ1n) is 7.34. The first kappa shape index (κ1) is 14.0. The average Bonchev–Trinajstić information content (AvgIpc) is 2.97. The first-order chi connectivity index (χ1) is 9.58. The first-order valence-corrected chi connectivity index (χ1v) is 8.95. The molecule has 2 saturated heterocycles. The van der Waals surface area contributed by atoms with Crippen LogP contribution >= 0.6 is 0 Å². The Morgan fingerprint density at radius 1 is 1.25 bits per heavy atom. The maximum Gasteiger partial charge on any atom is 0.214 e. The minimum Gasteiger partial charge on any atom is -0.315 e. The SMILES string of the molecule is CC1CC2CNCC2N1S(=O)(=O)CCc1ccccc1. The molecule has 0 amide bonds. The van der Waals surface area contributed by atoms with E-state index < -0.39 is 10.0 Å². The highest BCUT2D eigenvalue weighted by atomic mass is 32.2. The van der Waals surface area contributed by atoms with Gasteiger partial charge in [0.05, 0.1) is 5.75 Å². The van der Waals surface area contributed by atoms with Gasteiger partial charge in [0.25, 0.3) is 0 Å². The Balaban J connectivity index is 1.71. The second kappa shape index (κ2) is 5.47. The van der Waals surface area contributed by atoms with Crippen molar-refractivity contribution in [3.05, 3.63) is 35.9 Å². The van der Waals surface area contributed by atoms with Crippen molar-refractivity contribution in [2.24, 2.45) is 5.92 Å². The van der Waals surface area contributed by atoms with E-state index in [1.54, 1.807) is 4.31 Å². The van der Waals surface area contributed by atoms with Gasteiger partial charge in [0.1, 0.15) is 0 Å². The Labute approximate surface area is 121 Å². The van der Waals surface area contributed by atoms with E-state index in [1.807, 2.05) is 37.3 Å². The van der Waals surface area contributed by atoms with Crippen molar-refractivity contribution >= 4 is 10.0 Å². The van der Waals surface area contributed by atoms with Gasteiger partial charge in [-0.1, -0.05) is 30.3 Å². The second-order valence-corrected chi connectivity index (χ2v) is 7.95. The topological polar surface area (TPSA) is 49.4 Å². The van der Waals surface area contributed by atoms with Crippen LogP contribution in [0.1, 0.15) is 18.9 Å². The Bertz CT molecular complexity index is 558. The maximum absolute atomic E-state index is 12.7. The van der Waals surface area contributed by atoms with E-state index in [9.17, 15) is 8.42 Å². The third-order valence-electron chi connectivity index (χ3n) is 4.52. The second-order valence-electron chi connectivity index (χ2n) is 5.95. The molecule has 0 bridgehead atoms. The summed E-state index contributed by atoms with van der Waals surface area (Å²) in [6, 6.07) is 10.2. The Kier molecular flexibility index (Phi) is 3.84. The molecule has 5 heteroatoms. The van der Waals surface area contributed by atoms with Crippen LogP contribution in [-0.4, -0.2) is 43.6 Å². The smallest absolute Gasteiger partial charge is 0.214 e. The summed E-state index contributed by atoms with van der Waals surface area (Å²) in [6.45, 7) is 3.80. The van der Waals surface area contributed by atoms with Gasteiger partial charge in [-0.15, -0.1) is 0 Å². The number of rotatable bonds is 4. The number of hydrogen-bond donors (Lipinski definition) is 1. The van der Waals surface area contributed by atoms with Crippen LogP contribution in [-0.2, 0) is 16.4 Å². The molecule has 1 aromatic rings. The molecule has 3 rings (SSSR count). The summed E-state index contributed by atoms with van der Waals surface area (Å²) in [7, 11) is -3.17. The van der Waals surface area contributed by atoms with Crippen LogP contribution < -0.4 is 5.32 Å². The third-order valence-corrected chi connectivity index (χ3v) is 6.52. The van der Waals surface area contributed by atoms with Gasteiger partial charge >= 0.3 is 0 Å². The molecule has 0 aromatic heterocycles. The van der Waals surface area contributed by atoms with Crippen molar-refractivity contribution in [2.45, 2.75) is 31.8 Å². The van der Waals surface area contributed by atoms with Gasteiger partial charge in [0, 0.05) is 18.6 Å². The molecule has 0 radical (unpaired) electrons. The molecule has 3 atom stereocenters. The van der Waals surface area contributed by atoms with Crippen LogP contribution in [0.5, 0.6) is 0 Å². The fraction of sp³-hybridized carbons (Fsp3) is 0.600. The maximum atomic E-state index is 12.7. The van der Waals surface area contributed by atoms with Gasteiger partial charge in [0.2, 0.25) is 10.0 Å². The highest BCUT2D eigenvalue weighted by Crippen LogP contribution is 2.34. The lowest BCUT2D eigenvalue weighted by Crippen LogP contribution is -2.44. The molecule has 1 N–H and O–H groups in total.